The molecule has 0 saturated carbocycles. The minimum Gasteiger partial charge on any atom is -0.467 e. The highest BCUT2D eigenvalue weighted by Gasteiger charge is 2.47. The van der Waals surface area contributed by atoms with E-state index in [0.29, 0.717) is 22.7 Å². The molecule has 1 amide bonds. The number of hydrogen-bond donors (Lipinski definition) is 2. The van der Waals surface area contributed by atoms with E-state index in [2.05, 4.69) is 21.8 Å². The van der Waals surface area contributed by atoms with E-state index in [1.54, 1.807) is 12.1 Å². The van der Waals surface area contributed by atoms with E-state index >= 15 is 0 Å². The number of nitriles is 1. The Hall–Kier alpha value is -3.26. The average molecular weight is 449 g/mol. The summed E-state index contributed by atoms with van der Waals surface area (Å²) in [6, 6.07) is 2.58. The van der Waals surface area contributed by atoms with Gasteiger partial charge in [0, 0.05) is 11.3 Å². The third kappa shape index (κ3) is 3.67. The number of amides is 1. The number of carbonyl (C=O) groups excluding carboxylic acids is 1. The van der Waals surface area contributed by atoms with Crippen LogP contribution in [-0.2, 0) is 6.42 Å². The molecule has 3 aromatic heterocycles. The lowest BCUT2D eigenvalue weighted by molar-refractivity contribution is -0.174. The first kappa shape index (κ1) is 21.0. The Morgan fingerprint density at radius 2 is 2.29 bits per heavy atom. The molecule has 0 spiro atoms. The summed E-state index contributed by atoms with van der Waals surface area (Å²) in [4.78, 5) is 13.9. The predicted molar refractivity (Wildman–Crippen MR) is 108 cm³/mol. The summed E-state index contributed by atoms with van der Waals surface area (Å²) in [7, 11) is 0. The molecular weight excluding hydrogens is 431 g/mol. The van der Waals surface area contributed by atoms with E-state index in [-0.39, 0.29) is 17.8 Å². The summed E-state index contributed by atoms with van der Waals surface area (Å²) in [5.41, 5.74) is 1.17. The number of aryl methyl sites for hydroxylation is 1. The van der Waals surface area contributed by atoms with Gasteiger partial charge in [-0.1, -0.05) is 6.92 Å². The molecule has 0 saturated heterocycles. The maximum absolute atomic E-state index is 13.7. The van der Waals surface area contributed by atoms with E-state index in [9.17, 15) is 23.2 Å². The number of nitrogens with zero attached hydrogens (tertiary/aromatic N) is 3. The Morgan fingerprint density at radius 3 is 2.90 bits per heavy atom. The van der Waals surface area contributed by atoms with Gasteiger partial charge in [0.25, 0.3) is 5.91 Å². The molecule has 0 radical (unpaired) electrons. The van der Waals surface area contributed by atoms with Crippen LogP contribution in [0.2, 0.25) is 0 Å². The van der Waals surface area contributed by atoms with E-state index < -0.39 is 24.2 Å². The summed E-state index contributed by atoms with van der Waals surface area (Å²) in [5.74, 6) is -0.355. The van der Waals surface area contributed by atoms with Crippen LogP contribution in [0.4, 0.5) is 24.0 Å². The Morgan fingerprint density at radius 1 is 1.52 bits per heavy atom. The van der Waals surface area contributed by atoms with Crippen molar-refractivity contribution in [2.45, 2.75) is 44.9 Å². The second kappa shape index (κ2) is 7.77. The minimum absolute atomic E-state index is 0.0431. The molecule has 3 aromatic rings. The van der Waals surface area contributed by atoms with Crippen LogP contribution in [0.3, 0.4) is 0 Å². The fraction of sp³-hybridized carbons (Fsp3) is 0.350. The number of carbonyl (C=O) groups is 1. The van der Waals surface area contributed by atoms with Gasteiger partial charge in [0.1, 0.15) is 28.2 Å². The number of halogens is 3. The number of anilines is 2. The smallest absolute Gasteiger partial charge is 0.410 e. The maximum atomic E-state index is 13.7. The van der Waals surface area contributed by atoms with Crippen LogP contribution in [0.5, 0.6) is 0 Å². The average Bonchev–Trinajstić information content (AvgIpc) is 3.44. The standard InChI is InChI=1S/C20H18F3N5O2S/c1-3-11-10(2)31-19(12(11)8-24)27-18(29)13-9-25-28-16(20(21,22)23)7-14(26-17(13)28)15-5-4-6-30-15/h4-6,9,14,16,26H,3,7H2,1-2H3,(H,27,29)/t14-,16+/m0/s1. The molecule has 2 N–H and O–H groups in total. The largest absolute Gasteiger partial charge is 0.467 e. The summed E-state index contributed by atoms with van der Waals surface area (Å²) in [6.07, 6.45) is -1.77. The molecule has 1 aliphatic rings. The lowest BCUT2D eigenvalue weighted by Crippen LogP contribution is -2.36. The van der Waals surface area contributed by atoms with Gasteiger partial charge in [-0.25, -0.2) is 4.68 Å². The Labute approximate surface area is 179 Å². The quantitative estimate of drug-likeness (QED) is 0.571. The van der Waals surface area contributed by atoms with Gasteiger partial charge in [-0.2, -0.15) is 23.5 Å². The summed E-state index contributed by atoms with van der Waals surface area (Å²) in [6.45, 7) is 3.76. The van der Waals surface area contributed by atoms with E-state index in [1.807, 2.05) is 13.8 Å². The van der Waals surface area contributed by atoms with Gasteiger partial charge in [0.2, 0.25) is 0 Å². The van der Waals surface area contributed by atoms with Crippen LogP contribution >= 0.6 is 11.3 Å². The molecule has 0 fully saturated rings. The van der Waals surface area contributed by atoms with Crippen molar-refractivity contribution < 1.29 is 22.4 Å². The molecule has 7 nitrogen and oxygen atoms in total. The van der Waals surface area contributed by atoms with Crippen molar-refractivity contribution in [2.75, 3.05) is 10.6 Å². The van der Waals surface area contributed by atoms with Crippen molar-refractivity contribution in [3.05, 3.63) is 51.9 Å². The van der Waals surface area contributed by atoms with Gasteiger partial charge in [0.05, 0.1) is 24.1 Å². The van der Waals surface area contributed by atoms with Gasteiger partial charge < -0.3 is 15.1 Å². The van der Waals surface area contributed by atoms with Crippen LogP contribution in [0.25, 0.3) is 0 Å². The van der Waals surface area contributed by atoms with Crippen LogP contribution in [0, 0.1) is 18.3 Å². The fourth-order valence-electron chi connectivity index (χ4n) is 3.79. The molecule has 2 atom stereocenters. The number of alkyl halides is 3. The van der Waals surface area contributed by atoms with Crippen molar-refractivity contribution >= 4 is 28.1 Å². The van der Waals surface area contributed by atoms with Crippen molar-refractivity contribution in [1.82, 2.24) is 9.78 Å². The van der Waals surface area contributed by atoms with Gasteiger partial charge in [-0.15, -0.1) is 11.3 Å². The number of nitrogens with one attached hydrogen (secondary N) is 2. The van der Waals surface area contributed by atoms with E-state index in [4.69, 9.17) is 4.42 Å². The van der Waals surface area contributed by atoms with Crippen molar-refractivity contribution in [2.24, 2.45) is 0 Å². The van der Waals surface area contributed by atoms with Crippen LogP contribution in [0.1, 0.15) is 57.6 Å². The number of thiophene rings is 1. The molecule has 4 heterocycles. The van der Waals surface area contributed by atoms with Crippen molar-refractivity contribution in [3.8, 4) is 6.07 Å². The van der Waals surface area contributed by atoms with Crippen LogP contribution in [-0.4, -0.2) is 21.9 Å². The summed E-state index contributed by atoms with van der Waals surface area (Å²) >= 11 is 1.26. The van der Waals surface area contributed by atoms with Gasteiger partial charge in [0.15, 0.2) is 6.04 Å². The Balaban J connectivity index is 1.70. The zero-order chi connectivity index (χ0) is 22.3. The van der Waals surface area contributed by atoms with Crippen molar-refractivity contribution in [1.29, 1.82) is 5.26 Å². The first-order valence-electron chi connectivity index (χ1n) is 9.52. The SMILES string of the molecule is CCc1c(C)sc(NC(=O)c2cnn3c2N[C@H](c2ccco2)C[C@@H]3C(F)(F)F)c1C#N. The second-order valence-electron chi connectivity index (χ2n) is 7.12. The predicted octanol–water partition coefficient (Wildman–Crippen LogP) is 5.19. The number of fused-ring (bicyclic) bond motifs is 1. The molecule has 0 aliphatic carbocycles. The fourth-order valence-corrected chi connectivity index (χ4v) is 4.88. The minimum atomic E-state index is -4.56. The van der Waals surface area contributed by atoms with Crippen molar-refractivity contribution in [3.63, 3.8) is 0 Å². The third-order valence-electron chi connectivity index (χ3n) is 5.27. The first-order chi connectivity index (χ1) is 14.7. The number of furan rings is 1. The monoisotopic (exact) mass is 449 g/mol. The normalized spacial score (nSPS) is 18.2. The molecule has 0 aromatic carbocycles. The first-order valence-corrected chi connectivity index (χ1v) is 10.3. The highest BCUT2D eigenvalue weighted by molar-refractivity contribution is 7.16. The lowest BCUT2D eigenvalue weighted by atomic mass is 10.0. The molecule has 0 bridgehead atoms. The molecule has 11 heteroatoms. The Kier molecular flexibility index (Phi) is 5.26. The third-order valence-corrected chi connectivity index (χ3v) is 6.33. The zero-order valence-corrected chi connectivity index (χ0v) is 17.4. The van der Waals surface area contributed by atoms with Gasteiger partial charge >= 0.3 is 6.18 Å². The highest BCUT2D eigenvalue weighted by atomic mass is 32.1. The molecule has 0 unspecified atom stereocenters. The second-order valence-corrected chi connectivity index (χ2v) is 8.34. The molecule has 1 aliphatic heterocycles. The molecule has 4 rings (SSSR count). The number of hydrogen-bond acceptors (Lipinski definition) is 6. The summed E-state index contributed by atoms with van der Waals surface area (Å²) < 4.78 is 47.2. The number of rotatable bonds is 4. The van der Waals surface area contributed by atoms with E-state index in [0.717, 1.165) is 21.3 Å². The van der Waals surface area contributed by atoms with Crippen LogP contribution < -0.4 is 10.6 Å². The molecular formula is C20H18F3N5O2S. The lowest BCUT2D eigenvalue weighted by Gasteiger charge is -2.32. The number of aromatic nitrogens is 2. The topological polar surface area (TPSA) is 95.9 Å². The molecule has 162 valence electrons. The summed E-state index contributed by atoms with van der Waals surface area (Å²) in [5, 5.41) is 19.3. The van der Waals surface area contributed by atoms with Crippen LogP contribution in [0.15, 0.2) is 29.0 Å². The molecule has 31 heavy (non-hydrogen) atoms. The van der Waals surface area contributed by atoms with Gasteiger partial charge in [-0.3, -0.25) is 4.79 Å². The Bertz CT molecular complexity index is 1160. The maximum Gasteiger partial charge on any atom is 0.410 e. The zero-order valence-electron chi connectivity index (χ0n) is 16.6. The van der Waals surface area contributed by atoms with E-state index in [1.165, 1.54) is 17.6 Å². The highest BCUT2D eigenvalue weighted by Crippen LogP contribution is 2.44. The van der Waals surface area contributed by atoms with Gasteiger partial charge in [-0.05, 0) is 31.0 Å².